The van der Waals surface area contributed by atoms with E-state index < -0.39 is 23.0 Å². The summed E-state index contributed by atoms with van der Waals surface area (Å²) >= 11 is -0.551. The zero-order chi connectivity index (χ0) is 3.41. The van der Waals surface area contributed by atoms with Crippen molar-refractivity contribution in [3.63, 3.8) is 0 Å². The van der Waals surface area contributed by atoms with E-state index in [-0.39, 0.29) is 0 Å². The van der Waals surface area contributed by atoms with Gasteiger partial charge in [-0.05, 0) is 0 Å². The summed E-state index contributed by atoms with van der Waals surface area (Å²) < 4.78 is 1.29. The number of halogens is 1. The van der Waals surface area contributed by atoms with Crippen LogP contribution >= 0.6 is 8.32 Å². The van der Waals surface area contributed by atoms with Gasteiger partial charge in [-0.25, -0.2) is 0 Å². The second kappa shape index (κ2) is 4.21. The van der Waals surface area contributed by atoms with Gasteiger partial charge in [-0.3, -0.25) is 0 Å². The van der Waals surface area contributed by atoms with Crippen molar-refractivity contribution in [3.05, 3.63) is 0 Å². The van der Waals surface area contributed by atoms with Crippen LogP contribution in [0.4, 0.5) is 0 Å². The predicted octanol–water partition coefficient (Wildman–Crippen LogP) is 1.28. The van der Waals surface area contributed by atoms with E-state index in [2.05, 4.69) is 6.92 Å². The first-order valence-electron chi connectivity index (χ1n) is 1.33. The van der Waals surface area contributed by atoms with Gasteiger partial charge in [0.2, 0.25) is 0 Å². The first-order valence-corrected chi connectivity index (χ1v) is 10.0. The Bertz CT molecular complexity index is 8.00. The molecular weight excluding hydrogens is 264 g/mol. The Morgan fingerprint density at radius 3 is 2.25 bits per heavy atom. The molecule has 2 heteroatoms. The minimum atomic E-state index is -0.551. The Morgan fingerprint density at radius 1 is 2.00 bits per heavy atom. The molecule has 0 bridgehead atoms. The molecule has 0 nitrogen and oxygen atoms in total. The summed E-state index contributed by atoms with van der Waals surface area (Å²) in [5, 5.41) is 0. The van der Waals surface area contributed by atoms with Crippen LogP contribution in [0.25, 0.3) is 0 Å². The van der Waals surface area contributed by atoms with Gasteiger partial charge in [0.1, 0.15) is 0 Å². The summed E-state index contributed by atoms with van der Waals surface area (Å²) in [6, 6.07) is 0. The van der Waals surface area contributed by atoms with Crippen molar-refractivity contribution in [1.82, 2.24) is 0 Å². The van der Waals surface area contributed by atoms with Crippen LogP contribution in [0.3, 0.4) is 0 Å². The van der Waals surface area contributed by atoms with E-state index in [4.69, 9.17) is 8.32 Å². The monoisotopic (exact) mass is 269 g/mol. The molecule has 0 N–H and O–H groups in total. The Labute approximate surface area is 42.2 Å². The van der Waals surface area contributed by atoms with Crippen LogP contribution in [0, 0.1) is 0 Å². The Morgan fingerprint density at radius 2 is 2.25 bits per heavy atom. The summed E-state index contributed by atoms with van der Waals surface area (Å²) in [7, 11) is 5.39. The molecule has 0 unspecified atom stereocenters. The molecule has 23 valence electrons. The molecule has 0 radical (unpaired) electrons. The zero-order valence-corrected chi connectivity index (χ0v) is 7.91. The van der Waals surface area contributed by atoms with Crippen LogP contribution in [0.1, 0.15) is 6.92 Å². The molecule has 0 fully saturated rings. The van der Waals surface area contributed by atoms with Crippen molar-refractivity contribution in [3.8, 4) is 0 Å². The van der Waals surface area contributed by atoms with Gasteiger partial charge < -0.3 is 0 Å². The van der Waals surface area contributed by atoms with Crippen LogP contribution in [0.5, 0.6) is 0 Å². The molecule has 0 heterocycles. The van der Waals surface area contributed by atoms with E-state index in [1.807, 2.05) is 0 Å². The van der Waals surface area contributed by atoms with Crippen LogP contribution in [0.2, 0.25) is 3.98 Å². The molecule has 0 aromatic heterocycles. The van der Waals surface area contributed by atoms with Gasteiger partial charge in [0.15, 0.2) is 0 Å². The average Bonchev–Trinajstić information content (AvgIpc) is 1.37. The maximum absolute atomic E-state index is 5.39. The zero-order valence-electron chi connectivity index (χ0n) is 2.66. The summed E-state index contributed by atoms with van der Waals surface area (Å²) in [6.45, 7) is 2.14. The van der Waals surface area contributed by atoms with Gasteiger partial charge in [0.05, 0.1) is 0 Å². The molecule has 0 aliphatic heterocycles. The van der Waals surface area contributed by atoms with Crippen LogP contribution in [-0.2, 0) is 0 Å². The Kier molecular flexibility index (Phi) is 5.49. The third-order valence-electron chi connectivity index (χ3n) is 0.154. The first kappa shape index (κ1) is 5.21. The van der Waals surface area contributed by atoms with Crippen molar-refractivity contribution in [2.24, 2.45) is 0 Å². The molecule has 0 saturated carbocycles. The summed E-state index contributed by atoms with van der Waals surface area (Å²) in [5.74, 6) is 0. The SMILES string of the molecule is C[CH2][Tl][Cl]. The topological polar surface area (TPSA) is 0 Å². The van der Waals surface area contributed by atoms with E-state index in [0.717, 1.165) is 0 Å². The molecule has 0 saturated heterocycles. The predicted molar refractivity (Wildman–Crippen MR) is 22.1 cm³/mol. The third-order valence-corrected chi connectivity index (χ3v) is 4.06. The van der Waals surface area contributed by atoms with E-state index in [1.54, 1.807) is 0 Å². The Balaban J connectivity index is 1.97. The third kappa shape index (κ3) is 3.21. The standard InChI is InChI=1S/C2H5.ClH.Tl/c1-2;;/h1H2,2H3;1H;/q;;+1/p-1. The van der Waals surface area contributed by atoms with E-state index >= 15 is 0 Å². The van der Waals surface area contributed by atoms with Crippen molar-refractivity contribution in [2.75, 3.05) is 0 Å². The average molecular weight is 269 g/mol. The summed E-state index contributed by atoms with van der Waals surface area (Å²) in [5.41, 5.74) is 0. The van der Waals surface area contributed by atoms with Crippen LogP contribution in [-0.4, -0.2) is 23.0 Å². The molecule has 0 aliphatic rings. The summed E-state index contributed by atoms with van der Waals surface area (Å²) in [6.07, 6.45) is 0. The fraction of sp³-hybridized carbons (Fsp3) is 1.00. The number of rotatable bonds is 1. The molecular formula is C2H5ClTl. The molecule has 0 aliphatic carbocycles. The number of hydrogen-bond donors (Lipinski definition) is 0. The van der Waals surface area contributed by atoms with E-state index in [9.17, 15) is 0 Å². The van der Waals surface area contributed by atoms with Crippen molar-refractivity contribution in [1.29, 1.82) is 0 Å². The van der Waals surface area contributed by atoms with Gasteiger partial charge >= 0.3 is 42.2 Å². The van der Waals surface area contributed by atoms with Crippen LogP contribution < -0.4 is 0 Å². The van der Waals surface area contributed by atoms with Gasteiger partial charge in [0.25, 0.3) is 0 Å². The second-order valence-electron chi connectivity index (χ2n) is 0.563. The van der Waals surface area contributed by atoms with Crippen molar-refractivity contribution < 1.29 is 0 Å². The number of hydrogen-bond acceptors (Lipinski definition) is 0. The van der Waals surface area contributed by atoms with Crippen LogP contribution in [0.15, 0.2) is 0 Å². The van der Waals surface area contributed by atoms with E-state index in [0.29, 0.717) is 0 Å². The molecule has 0 rings (SSSR count). The maximum atomic E-state index is 5.39. The Hall–Kier alpha value is 1.21. The minimum absolute atomic E-state index is 0.551. The molecule has 0 atom stereocenters. The van der Waals surface area contributed by atoms with E-state index in [1.165, 1.54) is 3.98 Å². The molecule has 0 spiro atoms. The molecule has 4 heavy (non-hydrogen) atoms. The normalized spacial score (nSPS) is 5.50. The first-order chi connectivity index (χ1) is 1.91. The fourth-order valence-electron chi connectivity index (χ4n) is 0. The molecule has 0 aromatic carbocycles. The summed E-state index contributed by atoms with van der Waals surface area (Å²) in [4.78, 5) is 0. The molecule has 0 amide bonds. The van der Waals surface area contributed by atoms with Crippen molar-refractivity contribution >= 4 is 31.3 Å². The van der Waals surface area contributed by atoms with Crippen molar-refractivity contribution in [2.45, 2.75) is 10.9 Å². The van der Waals surface area contributed by atoms with Gasteiger partial charge in [-0.15, -0.1) is 0 Å². The fourth-order valence-corrected chi connectivity index (χ4v) is 0. The van der Waals surface area contributed by atoms with Gasteiger partial charge in [0, 0.05) is 0 Å². The van der Waals surface area contributed by atoms with Gasteiger partial charge in [-0.2, -0.15) is 0 Å². The van der Waals surface area contributed by atoms with Gasteiger partial charge in [-0.1, -0.05) is 0 Å². The molecule has 0 aromatic rings. The quantitative estimate of drug-likeness (QED) is 0.629. The second-order valence-corrected chi connectivity index (χ2v) is 7.64.